The third-order valence-electron chi connectivity index (χ3n) is 5.75. The van der Waals surface area contributed by atoms with Crippen LogP contribution in [-0.2, 0) is 15.3 Å². The molecule has 1 atom stereocenters. The molecule has 1 amide bonds. The molecule has 0 aliphatic carbocycles. The molecule has 13 heteroatoms. The van der Waals surface area contributed by atoms with Gasteiger partial charge in [-0.05, 0) is 29.0 Å². The first-order valence-corrected chi connectivity index (χ1v) is 11.6. The van der Waals surface area contributed by atoms with Gasteiger partial charge in [-0.3, -0.25) is 4.79 Å². The van der Waals surface area contributed by atoms with Gasteiger partial charge in [0.25, 0.3) is 11.5 Å². The van der Waals surface area contributed by atoms with Crippen LogP contribution < -0.4 is 5.32 Å². The SMILES string of the molecule is N#CCON=CCNC(=O)c1ccc(C2=NOC(c3cc(Cl)c(F)c(Cl)c3)(C(F)(F)F)C2)c2ccccc12. The van der Waals surface area contributed by atoms with Crippen molar-refractivity contribution in [2.45, 2.75) is 18.2 Å². The molecule has 0 radical (unpaired) electrons. The van der Waals surface area contributed by atoms with E-state index in [1.807, 2.05) is 0 Å². The quantitative estimate of drug-likeness (QED) is 0.122. The van der Waals surface area contributed by atoms with Crippen molar-refractivity contribution < 1.29 is 32.0 Å². The van der Waals surface area contributed by atoms with Gasteiger partial charge in [0.2, 0.25) is 6.61 Å². The number of rotatable bonds is 7. The molecule has 1 heterocycles. The fraction of sp³-hybridized carbons (Fsp3) is 0.200. The van der Waals surface area contributed by atoms with Crippen LogP contribution in [0.25, 0.3) is 10.8 Å². The van der Waals surface area contributed by atoms with Gasteiger partial charge in [-0.2, -0.15) is 18.4 Å². The van der Waals surface area contributed by atoms with Crippen LogP contribution in [0.4, 0.5) is 17.6 Å². The Morgan fingerprint density at radius 1 is 1.21 bits per heavy atom. The van der Waals surface area contributed by atoms with Gasteiger partial charge >= 0.3 is 6.18 Å². The summed E-state index contributed by atoms with van der Waals surface area (Å²) in [6, 6.07) is 12.9. The Morgan fingerprint density at radius 2 is 1.89 bits per heavy atom. The van der Waals surface area contributed by atoms with Crippen LogP contribution in [0.3, 0.4) is 0 Å². The molecule has 0 saturated heterocycles. The molecule has 1 unspecified atom stereocenters. The number of nitrogens with zero attached hydrogens (tertiary/aromatic N) is 3. The average molecular weight is 567 g/mol. The summed E-state index contributed by atoms with van der Waals surface area (Å²) in [5, 5.41) is 18.0. The molecule has 1 N–H and O–H groups in total. The highest BCUT2D eigenvalue weighted by molar-refractivity contribution is 6.35. The van der Waals surface area contributed by atoms with Gasteiger partial charge in [0.15, 0.2) is 5.82 Å². The van der Waals surface area contributed by atoms with Crippen molar-refractivity contribution in [1.82, 2.24) is 5.32 Å². The Hall–Kier alpha value is -3.88. The zero-order chi connectivity index (χ0) is 27.5. The molecule has 0 bridgehead atoms. The molecular formula is C25H16Cl2F4N4O3. The zero-order valence-electron chi connectivity index (χ0n) is 19.2. The van der Waals surface area contributed by atoms with E-state index in [-0.39, 0.29) is 24.4 Å². The molecular weight excluding hydrogens is 551 g/mol. The van der Waals surface area contributed by atoms with Crippen LogP contribution in [0.5, 0.6) is 0 Å². The molecule has 0 spiro atoms. The summed E-state index contributed by atoms with van der Waals surface area (Å²) >= 11 is 11.5. The predicted octanol–water partition coefficient (Wildman–Crippen LogP) is 6.12. The Labute approximate surface area is 223 Å². The fourth-order valence-corrected chi connectivity index (χ4v) is 4.46. The first-order chi connectivity index (χ1) is 18.1. The number of benzene rings is 3. The Kier molecular flexibility index (Phi) is 7.76. The number of oxime groups is 2. The zero-order valence-corrected chi connectivity index (χ0v) is 20.7. The maximum absolute atomic E-state index is 14.4. The molecule has 1 aliphatic heterocycles. The van der Waals surface area contributed by atoms with Gasteiger partial charge in [-0.1, -0.05) is 63.8 Å². The maximum Gasteiger partial charge on any atom is 0.435 e. The molecule has 1 aliphatic rings. The lowest BCUT2D eigenvalue weighted by atomic mass is 9.85. The summed E-state index contributed by atoms with van der Waals surface area (Å²) in [6.07, 6.45) is -4.44. The van der Waals surface area contributed by atoms with Gasteiger partial charge in [0.05, 0.1) is 28.5 Å². The van der Waals surface area contributed by atoms with Crippen molar-refractivity contribution in [3.8, 4) is 6.07 Å². The number of nitriles is 1. The molecule has 3 aromatic rings. The van der Waals surface area contributed by atoms with Crippen LogP contribution in [0.15, 0.2) is 58.8 Å². The smallest absolute Gasteiger partial charge is 0.381 e. The summed E-state index contributed by atoms with van der Waals surface area (Å²) in [4.78, 5) is 22.4. The minimum Gasteiger partial charge on any atom is -0.381 e. The number of halogens is 6. The molecule has 4 rings (SSSR count). The highest BCUT2D eigenvalue weighted by Gasteiger charge is 2.62. The number of amides is 1. The summed E-state index contributed by atoms with van der Waals surface area (Å²) in [6.45, 7) is -0.223. The van der Waals surface area contributed by atoms with E-state index in [0.717, 1.165) is 12.1 Å². The fourth-order valence-electron chi connectivity index (χ4n) is 3.98. The van der Waals surface area contributed by atoms with Crippen LogP contribution in [0.2, 0.25) is 10.0 Å². The van der Waals surface area contributed by atoms with E-state index >= 15 is 0 Å². The lowest BCUT2D eigenvalue weighted by Gasteiger charge is -2.29. The molecule has 196 valence electrons. The Balaban J connectivity index is 1.67. The minimum absolute atomic E-state index is 0.0117. The number of fused-ring (bicyclic) bond motifs is 1. The first-order valence-electron chi connectivity index (χ1n) is 10.9. The van der Waals surface area contributed by atoms with Crippen LogP contribution in [0.1, 0.15) is 27.9 Å². The van der Waals surface area contributed by atoms with E-state index < -0.39 is 45.5 Å². The van der Waals surface area contributed by atoms with E-state index in [2.05, 4.69) is 20.5 Å². The second-order valence-corrected chi connectivity index (χ2v) is 8.83. The summed E-state index contributed by atoms with van der Waals surface area (Å²) < 4.78 is 57.1. The van der Waals surface area contributed by atoms with Gasteiger partial charge in [0, 0.05) is 23.1 Å². The molecule has 0 fully saturated rings. The number of carbonyl (C=O) groups is 1. The van der Waals surface area contributed by atoms with Crippen molar-refractivity contribution in [2.24, 2.45) is 10.3 Å². The summed E-state index contributed by atoms with van der Waals surface area (Å²) in [5.74, 6) is -1.52. The topological polar surface area (TPSA) is 96.1 Å². The van der Waals surface area contributed by atoms with Crippen molar-refractivity contribution in [2.75, 3.05) is 13.2 Å². The van der Waals surface area contributed by atoms with Crippen LogP contribution in [-0.4, -0.2) is 37.2 Å². The van der Waals surface area contributed by atoms with Gasteiger partial charge in [-0.25, -0.2) is 4.39 Å². The van der Waals surface area contributed by atoms with E-state index in [9.17, 15) is 22.4 Å². The molecule has 0 aromatic heterocycles. The minimum atomic E-state index is -4.96. The van der Waals surface area contributed by atoms with Crippen molar-refractivity contribution >= 4 is 51.8 Å². The molecule has 38 heavy (non-hydrogen) atoms. The van der Waals surface area contributed by atoms with E-state index in [1.165, 1.54) is 18.3 Å². The Bertz CT molecular complexity index is 1480. The summed E-state index contributed by atoms with van der Waals surface area (Å²) in [7, 11) is 0. The van der Waals surface area contributed by atoms with Gasteiger partial charge < -0.3 is 15.0 Å². The van der Waals surface area contributed by atoms with E-state index in [0.29, 0.717) is 16.3 Å². The standard InChI is InChI=1S/C25H16Cl2F4N4O3/c26-19-11-14(12-20(27)22(19)28)24(25(29,30)31)13-21(35-38-24)17-5-6-18(16-4-2-1-3-15(16)17)23(36)33-8-9-34-37-10-7-32/h1-6,9,11-12H,8,10,13H2,(H,33,36). The Morgan fingerprint density at radius 3 is 2.55 bits per heavy atom. The number of nitrogens with one attached hydrogen (secondary N) is 1. The van der Waals surface area contributed by atoms with Crippen LogP contribution >= 0.6 is 23.2 Å². The van der Waals surface area contributed by atoms with Crippen molar-refractivity contribution in [1.29, 1.82) is 5.26 Å². The number of alkyl halides is 3. The van der Waals surface area contributed by atoms with Crippen molar-refractivity contribution in [3.63, 3.8) is 0 Å². The number of hydrogen-bond acceptors (Lipinski definition) is 6. The van der Waals surface area contributed by atoms with E-state index in [1.54, 1.807) is 30.3 Å². The number of hydrogen-bond donors (Lipinski definition) is 1. The average Bonchev–Trinajstić information content (AvgIpc) is 3.35. The monoisotopic (exact) mass is 566 g/mol. The lowest BCUT2D eigenvalue weighted by molar-refractivity contribution is -0.275. The summed E-state index contributed by atoms with van der Waals surface area (Å²) in [5.41, 5.74) is -2.92. The molecule has 3 aromatic carbocycles. The lowest BCUT2D eigenvalue weighted by Crippen LogP contribution is -2.42. The van der Waals surface area contributed by atoms with E-state index in [4.69, 9.17) is 33.3 Å². The van der Waals surface area contributed by atoms with Gasteiger partial charge in [-0.15, -0.1) is 0 Å². The first kappa shape index (κ1) is 27.2. The third kappa shape index (κ3) is 5.10. The molecule has 0 saturated carbocycles. The van der Waals surface area contributed by atoms with Gasteiger partial charge in [0.1, 0.15) is 6.07 Å². The number of carbonyl (C=O) groups excluding carboxylic acids is 1. The van der Waals surface area contributed by atoms with Crippen LogP contribution in [0, 0.1) is 17.1 Å². The highest BCUT2D eigenvalue weighted by Crippen LogP contribution is 2.50. The maximum atomic E-state index is 14.4. The second-order valence-electron chi connectivity index (χ2n) is 8.02. The normalized spacial score (nSPS) is 17.2. The second kappa shape index (κ2) is 10.8. The third-order valence-corrected chi connectivity index (χ3v) is 6.30. The highest BCUT2D eigenvalue weighted by atomic mass is 35.5. The van der Waals surface area contributed by atoms with Crippen molar-refractivity contribution in [3.05, 3.63) is 81.1 Å². The predicted molar refractivity (Wildman–Crippen MR) is 133 cm³/mol. The largest absolute Gasteiger partial charge is 0.435 e. The molecule has 7 nitrogen and oxygen atoms in total.